The SMILES string of the molecule is CCOC(=O)c1cc(NC(=O)c2ccc(Cl)c(S(=O)(=O)Nc3ccc(C)cc3)c2)ccc1Cl. The maximum atomic E-state index is 12.9. The number of ether oxygens (including phenoxy) is 1. The molecule has 0 radical (unpaired) electrons. The van der Waals surface area contributed by atoms with Crippen LogP contribution in [0.3, 0.4) is 0 Å². The maximum Gasteiger partial charge on any atom is 0.339 e. The Morgan fingerprint density at radius 1 is 0.909 bits per heavy atom. The lowest BCUT2D eigenvalue weighted by atomic mass is 10.1. The predicted octanol–water partition coefficient (Wildman–Crippen LogP) is 5.53. The predicted molar refractivity (Wildman–Crippen MR) is 129 cm³/mol. The number of aryl methyl sites for hydroxylation is 1. The standard InChI is InChI=1S/C23H20Cl2N2O5S/c1-3-32-23(29)18-13-17(9-11-19(18)24)26-22(28)15-6-10-20(25)21(12-15)33(30,31)27-16-7-4-14(2)5-8-16/h4-13,27H,3H2,1-2H3,(H,26,28). The highest BCUT2D eigenvalue weighted by molar-refractivity contribution is 7.92. The zero-order chi connectivity index (χ0) is 24.2. The van der Waals surface area contributed by atoms with Crippen LogP contribution in [0.25, 0.3) is 0 Å². The molecule has 0 unspecified atom stereocenters. The number of anilines is 2. The molecule has 0 atom stereocenters. The van der Waals surface area contributed by atoms with Gasteiger partial charge in [0.15, 0.2) is 0 Å². The Hall–Kier alpha value is -3.07. The number of nitrogens with one attached hydrogen (secondary N) is 2. The first-order valence-corrected chi connectivity index (χ1v) is 12.0. The van der Waals surface area contributed by atoms with Gasteiger partial charge in [-0.15, -0.1) is 0 Å². The first kappa shape index (κ1) is 24.6. The first-order chi connectivity index (χ1) is 15.6. The van der Waals surface area contributed by atoms with E-state index in [4.69, 9.17) is 27.9 Å². The molecule has 0 saturated carbocycles. The third-order valence-corrected chi connectivity index (χ3v) is 6.70. The van der Waals surface area contributed by atoms with Crippen LogP contribution in [0.15, 0.2) is 65.6 Å². The summed E-state index contributed by atoms with van der Waals surface area (Å²) in [4.78, 5) is 24.6. The van der Waals surface area contributed by atoms with E-state index in [9.17, 15) is 18.0 Å². The second-order valence-corrected chi connectivity index (χ2v) is 9.45. The molecule has 0 aliphatic rings. The van der Waals surface area contributed by atoms with E-state index in [-0.39, 0.29) is 38.4 Å². The molecule has 7 nitrogen and oxygen atoms in total. The van der Waals surface area contributed by atoms with Crippen molar-refractivity contribution >= 4 is 56.5 Å². The minimum absolute atomic E-state index is 0.0396. The third kappa shape index (κ3) is 6.04. The van der Waals surface area contributed by atoms with Gasteiger partial charge in [0.25, 0.3) is 15.9 Å². The number of rotatable bonds is 7. The molecule has 0 aromatic heterocycles. The molecule has 0 bridgehead atoms. The molecule has 3 aromatic carbocycles. The lowest BCUT2D eigenvalue weighted by Gasteiger charge is -2.12. The Balaban J connectivity index is 1.85. The Bertz CT molecular complexity index is 1310. The van der Waals surface area contributed by atoms with Gasteiger partial charge in [0.1, 0.15) is 4.90 Å². The zero-order valence-corrected chi connectivity index (χ0v) is 20.0. The number of benzene rings is 3. The van der Waals surface area contributed by atoms with Crippen LogP contribution in [0.2, 0.25) is 10.0 Å². The molecule has 10 heteroatoms. The number of esters is 1. The normalized spacial score (nSPS) is 11.0. The summed E-state index contributed by atoms with van der Waals surface area (Å²) in [5.41, 5.74) is 1.76. The molecule has 0 spiro atoms. The van der Waals surface area contributed by atoms with Gasteiger partial charge >= 0.3 is 5.97 Å². The fraction of sp³-hybridized carbons (Fsp3) is 0.130. The fourth-order valence-corrected chi connectivity index (χ4v) is 4.63. The van der Waals surface area contributed by atoms with Gasteiger partial charge in [0.05, 0.1) is 22.2 Å². The summed E-state index contributed by atoms with van der Waals surface area (Å²) in [6.07, 6.45) is 0. The van der Waals surface area contributed by atoms with Crippen molar-refractivity contribution in [3.05, 3.63) is 87.4 Å². The lowest BCUT2D eigenvalue weighted by molar-refractivity contribution is 0.0526. The third-order valence-electron chi connectivity index (χ3n) is 4.51. The van der Waals surface area contributed by atoms with E-state index in [2.05, 4.69) is 10.0 Å². The lowest BCUT2D eigenvalue weighted by Crippen LogP contribution is -2.17. The summed E-state index contributed by atoms with van der Waals surface area (Å²) < 4.78 is 33.1. The van der Waals surface area contributed by atoms with Crippen molar-refractivity contribution in [2.45, 2.75) is 18.7 Å². The summed E-state index contributed by atoms with van der Waals surface area (Å²) >= 11 is 12.2. The number of sulfonamides is 1. The van der Waals surface area contributed by atoms with E-state index in [0.717, 1.165) is 5.56 Å². The Labute approximate surface area is 201 Å². The minimum atomic E-state index is -4.06. The summed E-state index contributed by atoms with van der Waals surface area (Å²) in [6, 6.07) is 15.0. The number of carbonyl (C=O) groups excluding carboxylic acids is 2. The number of hydrogen-bond donors (Lipinski definition) is 2. The van der Waals surface area contributed by atoms with Crippen LogP contribution in [-0.2, 0) is 14.8 Å². The summed E-state index contributed by atoms with van der Waals surface area (Å²) in [5, 5.41) is 2.75. The minimum Gasteiger partial charge on any atom is -0.462 e. The van der Waals surface area contributed by atoms with Gasteiger partial charge in [-0.25, -0.2) is 13.2 Å². The van der Waals surface area contributed by atoms with Crippen LogP contribution in [0.1, 0.15) is 33.2 Å². The van der Waals surface area contributed by atoms with E-state index in [1.54, 1.807) is 31.2 Å². The summed E-state index contributed by atoms with van der Waals surface area (Å²) in [7, 11) is -4.06. The van der Waals surface area contributed by atoms with Crippen molar-refractivity contribution < 1.29 is 22.7 Å². The van der Waals surface area contributed by atoms with Gasteiger partial charge in [-0.05, 0) is 62.4 Å². The zero-order valence-electron chi connectivity index (χ0n) is 17.7. The van der Waals surface area contributed by atoms with E-state index >= 15 is 0 Å². The molecular formula is C23H20Cl2N2O5S. The first-order valence-electron chi connectivity index (χ1n) is 9.78. The molecule has 172 valence electrons. The summed E-state index contributed by atoms with van der Waals surface area (Å²) in [5.74, 6) is -1.23. The van der Waals surface area contributed by atoms with E-state index in [1.807, 2.05) is 6.92 Å². The molecule has 3 rings (SSSR count). The molecule has 0 saturated heterocycles. The van der Waals surface area contributed by atoms with Gasteiger partial charge in [0, 0.05) is 16.9 Å². The smallest absolute Gasteiger partial charge is 0.339 e. The highest BCUT2D eigenvalue weighted by Gasteiger charge is 2.21. The Morgan fingerprint density at radius 3 is 2.21 bits per heavy atom. The molecule has 1 amide bonds. The maximum absolute atomic E-state index is 12.9. The van der Waals surface area contributed by atoms with Crippen molar-refractivity contribution in [2.75, 3.05) is 16.6 Å². The van der Waals surface area contributed by atoms with E-state index in [1.165, 1.54) is 36.4 Å². The molecule has 33 heavy (non-hydrogen) atoms. The van der Waals surface area contributed by atoms with Crippen LogP contribution >= 0.6 is 23.2 Å². The Kier molecular flexibility index (Phi) is 7.63. The fourth-order valence-electron chi connectivity index (χ4n) is 2.85. The van der Waals surface area contributed by atoms with Gasteiger partial charge in [-0.1, -0.05) is 40.9 Å². The molecule has 0 aliphatic carbocycles. The van der Waals surface area contributed by atoms with Crippen LogP contribution in [0.5, 0.6) is 0 Å². The van der Waals surface area contributed by atoms with Crippen LogP contribution in [0.4, 0.5) is 11.4 Å². The second kappa shape index (κ2) is 10.2. The van der Waals surface area contributed by atoms with Gasteiger partial charge in [0.2, 0.25) is 0 Å². The second-order valence-electron chi connectivity index (χ2n) is 6.99. The number of hydrogen-bond acceptors (Lipinski definition) is 5. The summed E-state index contributed by atoms with van der Waals surface area (Å²) in [6.45, 7) is 3.72. The average molecular weight is 507 g/mol. The molecule has 3 aromatic rings. The largest absolute Gasteiger partial charge is 0.462 e. The van der Waals surface area contributed by atoms with Crippen molar-refractivity contribution in [3.63, 3.8) is 0 Å². The molecule has 2 N–H and O–H groups in total. The molecule has 0 heterocycles. The number of carbonyl (C=O) groups is 2. The number of halogens is 2. The highest BCUT2D eigenvalue weighted by Crippen LogP contribution is 2.26. The van der Waals surface area contributed by atoms with Crippen LogP contribution in [0, 0.1) is 6.92 Å². The van der Waals surface area contributed by atoms with Crippen LogP contribution < -0.4 is 10.0 Å². The van der Waals surface area contributed by atoms with Gasteiger partial charge in [-0.2, -0.15) is 0 Å². The monoisotopic (exact) mass is 506 g/mol. The molecule has 0 aliphatic heterocycles. The van der Waals surface area contributed by atoms with E-state index in [0.29, 0.717) is 5.69 Å². The Morgan fingerprint density at radius 2 is 1.55 bits per heavy atom. The number of amides is 1. The topological polar surface area (TPSA) is 102 Å². The van der Waals surface area contributed by atoms with Crippen molar-refractivity contribution in [1.29, 1.82) is 0 Å². The van der Waals surface area contributed by atoms with Gasteiger partial charge in [-0.3, -0.25) is 9.52 Å². The van der Waals surface area contributed by atoms with Crippen molar-refractivity contribution in [1.82, 2.24) is 0 Å². The van der Waals surface area contributed by atoms with Crippen LogP contribution in [-0.4, -0.2) is 26.9 Å². The van der Waals surface area contributed by atoms with Crippen molar-refractivity contribution in [3.8, 4) is 0 Å². The quantitative estimate of drug-likeness (QED) is 0.410. The van der Waals surface area contributed by atoms with Crippen molar-refractivity contribution in [2.24, 2.45) is 0 Å². The molecular weight excluding hydrogens is 487 g/mol. The average Bonchev–Trinajstić information content (AvgIpc) is 2.76. The van der Waals surface area contributed by atoms with E-state index < -0.39 is 21.9 Å². The highest BCUT2D eigenvalue weighted by atomic mass is 35.5. The van der Waals surface area contributed by atoms with Gasteiger partial charge < -0.3 is 10.1 Å². The molecule has 0 fully saturated rings.